The molecule has 3 fully saturated rings. The van der Waals surface area contributed by atoms with Crippen molar-refractivity contribution in [1.29, 1.82) is 0 Å². The SMILES string of the molecule is Cc1ccc(F)cc1-c1cc(C(F)(F)F)c(O[C@@H]2C[C@@H]3CN(CC4CCOCC4)C[C@@H]3C2)nn1. The molecule has 0 spiro atoms. The van der Waals surface area contributed by atoms with E-state index >= 15 is 0 Å². The Morgan fingerprint density at radius 1 is 1.06 bits per heavy atom. The van der Waals surface area contributed by atoms with Crippen LogP contribution in [0.15, 0.2) is 24.3 Å². The Hall–Kier alpha value is -2.26. The maximum atomic E-state index is 13.9. The average molecular weight is 480 g/mol. The van der Waals surface area contributed by atoms with Crippen molar-refractivity contribution in [3.63, 3.8) is 0 Å². The van der Waals surface area contributed by atoms with Crippen LogP contribution < -0.4 is 4.74 Å². The summed E-state index contributed by atoms with van der Waals surface area (Å²) in [6, 6.07) is 4.85. The quantitative estimate of drug-likeness (QED) is 0.557. The van der Waals surface area contributed by atoms with Gasteiger partial charge in [-0.2, -0.15) is 13.2 Å². The molecule has 184 valence electrons. The molecule has 2 aliphatic heterocycles. The van der Waals surface area contributed by atoms with E-state index in [2.05, 4.69) is 15.1 Å². The van der Waals surface area contributed by atoms with Crippen LogP contribution in [0.5, 0.6) is 5.88 Å². The second-order valence-corrected chi connectivity index (χ2v) is 9.91. The summed E-state index contributed by atoms with van der Waals surface area (Å²) in [6.45, 7) is 6.38. The second-order valence-electron chi connectivity index (χ2n) is 9.91. The van der Waals surface area contributed by atoms with Crippen LogP contribution in [0.25, 0.3) is 11.3 Å². The Morgan fingerprint density at radius 3 is 2.44 bits per heavy atom. The fraction of sp³-hybridized carbons (Fsp3) is 0.600. The minimum atomic E-state index is -4.66. The second kappa shape index (κ2) is 9.41. The van der Waals surface area contributed by atoms with Crippen LogP contribution in [-0.4, -0.2) is 54.0 Å². The molecule has 3 aliphatic rings. The van der Waals surface area contributed by atoms with Crippen LogP contribution in [0.2, 0.25) is 0 Å². The van der Waals surface area contributed by atoms with Gasteiger partial charge in [0.25, 0.3) is 0 Å². The number of likely N-dealkylation sites (tertiary alicyclic amines) is 1. The smallest absolute Gasteiger partial charge is 0.421 e. The van der Waals surface area contributed by atoms with Crippen LogP contribution in [0.4, 0.5) is 17.6 Å². The molecule has 5 rings (SSSR count). The minimum Gasteiger partial charge on any atom is -0.473 e. The van der Waals surface area contributed by atoms with Crippen LogP contribution >= 0.6 is 0 Å². The van der Waals surface area contributed by atoms with E-state index in [-0.39, 0.29) is 17.4 Å². The molecule has 1 aliphatic carbocycles. The number of alkyl halides is 3. The summed E-state index contributed by atoms with van der Waals surface area (Å²) < 4.78 is 66.5. The highest BCUT2D eigenvalue weighted by Gasteiger charge is 2.44. The lowest BCUT2D eigenvalue weighted by Gasteiger charge is -2.27. The Balaban J connectivity index is 1.26. The summed E-state index contributed by atoms with van der Waals surface area (Å²) in [7, 11) is 0. The number of hydrogen-bond acceptors (Lipinski definition) is 5. The number of ether oxygens (including phenoxy) is 2. The van der Waals surface area contributed by atoms with E-state index in [9.17, 15) is 17.6 Å². The van der Waals surface area contributed by atoms with Crippen LogP contribution in [0.3, 0.4) is 0 Å². The van der Waals surface area contributed by atoms with Gasteiger partial charge in [-0.15, -0.1) is 10.2 Å². The lowest BCUT2D eigenvalue weighted by atomic mass is 10.00. The van der Waals surface area contributed by atoms with E-state index in [4.69, 9.17) is 9.47 Å². The summed E-state index contributed by atoms with van der Waals surface area (Å²) in [5.74, 6) is 0.501. The molecule has 0 N–H and O–H groups in total. The summed E-state index contributed by atoms with van der Waals surface area (Å²) >= 11 is 0. The Morgan fingerprint density at radius 2 is 1.76 bits per heavy atom. The predicted molar refractivity (Wildman–Crippen MR) is 118 cm³/mol. The van der Waals surface area contributed by atoms with E-state index in [1.54, 1.807) is 6.92 Å². The van der Waals surface area contributed by atoms with Gasteiger partial charge in [0, 0.05) is 38.4 Å². The van der Waals surface area contributed by atoms with Crippen LogP contribution in [0, 0.1) is 30.5 Å². The number of nitrogens with zero attached hydrogens (tertiary/aromatic N) is 3. The maximum absolute atomic E-state index is 13.9. The summed E-state index contributed by atoms with van der Waals surface area (Å²) in [5, 5.41) is 7.76. The van der Waals surface area contributed by atoms with Gasteiger partial charge < -0.3 is 14.4 Å². The van der Waals surface area contributed by atoms with Gasteiger partial charge in [0.1, 0.15) is 17.5 Å². The summed E-state index contributed by atoms with van der Waals surface area (Å²) in [6.07, 6.45) is -1.33. The van der Waals surface area contributed by atoms with Crippen molar-refractivity contribution in [3.05, 3.63) is 41.2 Å². The van der Waals surface area contributed by atoms with Gasteiger partial charge in [0.15, 0.2) is 0 Å². The number of halogens is 4. The van der Waals surface area contributed by atoms with Crippen molar-refractivity contribution in [2.75, 3.05) is 32.8 Å². The molecule has 5 nitrogen and oxygen atoms in total. The molecule has 2 aromatic rings. The summed E-state index contributed by atoms with van der Waals surface area (Å²) in [4.78, 5) is 2.50. The number of aromatic nitrogens is 2. The molecule has 1 aromatic heterocycles. The lowest BCUT2D eigenvalue weighted by Crippen LogP contribution is -2.32. The Labute approximate surface area is 196 Å². The van der Waals surface area contributed by atoms with E-state index in [1.807, 2.05) is 0 Å². The fourth-order valence-electron chi connectivity index (χ4n) is 5.71. The van der Waals surface area contributed by atoms with Crippen LogP contribution in [0.1, 0.15) is 36.8 Å². The summed E-state index contributed by atoms with van der Waals surface area (Å²) in [5.41, 5.74) is -0.0981. The van der Waals surface area contributed by atoms with Crippen LogP contribution in [-0.2, 0) is 10.9 Å². The monoisotopic (exact) mass is 479 g/mol. The largest absolute Gasteiger partial charge is 0.473 e. The van der Waals surface area contributed by atoms with Gasteiger partial charge in [-0.05, 0) is 74.1 Å². The highest BCUT2D eigenvalue weighted by atomic mass is 19.4. The topological polar surface area (TPSA) is 47.5 Å². The van der Waals surface area contributed by atoms with Gasteiger partial charge in [-0.3, -0.25) is 0 Å². The third-order valence-electron chi connectivity index (χ3n) is 7.46. The van der Waals surface area contributed by atoms with Crippen molar-refractivity contribution in [1.82, 2.24) is 15.1 Å². The molecule has 0 unspecified atom stereocenters. The highest BCUT2D eigenvalue weighted by molar-refractivity contribution is 5.64. The highest BCUT2D eigenvalue weighted by Crippen LogP contribution is 2.42. The third kappa shape index (κ3) is 5.05. The predicted octanol–water partition coefficient (Wildman–Crippen LogP) is 5.13. The molecule has 0 amide bonds. The number of rotatable bonds is 5. The van der Waals surface area contributed by atoms with Gasteiger partial charge in [0.05, 0.1) is 5.69 Å². The van der Waals surface area contributed by atoms with Crippen molar-refractivity contribution in [2.24, 2.45) is 17.8 Å². The molecule has 34 heavy (non-hydrogen) atoms. The fourth-order valence-corrected chi connectivity index (χ4v) is 5.71. The zero-order valence-electron chi connectivity index (χ0n) is 19.2. The van der Waals surface area contributed by atoms with Gasteiger partial charge >= 0.3 is 6.18 Å². The first-order valence-electron chi connectivity index (χ1n) is 11.9. The van der Waals surface area contributed by atoms with Gasteiger partial charge in [-0.25, -0.2) is 4.39 Å². The molecular formula is C25H29F4N3O2. The first kappa shape index (κ1) is 23.5. The van der Waals surface area contributed by atoms with E-state index < -0.39 is 23.4 Å². The molecule has 2 saturated heterocycles. The molecule has 3 heterocycles. The zero-order chi connectivity index (χ0) is 23.9. The maximum Gasteiger partial charge on any atom is 0.421 e. The molecule has 3 atom stereocenters. The Kier molecular flexibility index (Phi) is 6.50. The number of benzene rings is 1. The normalized spacial score (nSPS) is 26.1. The average Bonchev–Trinajstić information content (AvgIpc) is 3.33. The molecule has 9 heteroatoms. The number of hydrogen-bond donors (Lipinski definition) is 0. The first-order valence-corrected chi connectivity index (χ1v) is 11.9. The van der Waals surface area contributed by atoms with E-state index in [0.29, 0.717) is 23.3 Å². The van der Waals surface area contributed by atoms with E-state index in [0.717, 1.165) is 64.6 Å². The van der Waals surface area contributed by atoms with Crippen molar-refractivity contribution in [2.45, 2.75) is 44.9 Å². The molecular weight excluding hydrogens is 450 g/mol. The standard InChI is InChI=1S/C25H29F4N3O2/c1-15-2-3-19(26)10-21(15)23-11-22(25(27,28)29)24(31-30-23)34-20-8-17-13-32(14-18(17)9-20)12-16-4-6-33-7-5-16/h2-3,10-11,16-18,20H,4-9,12-14H2,1H3/t17-,18+,20-. The minimum absolute atomic E-state index is 0.0243. The first-order chi connectivity index (χ1) is 16.3. The van der Waals surface area contributed by atoms with Gasteiger partial charge in [0.2, 0.25) is 5.88 Å². The Bertz CT molecular complexity index is 1010. The zero-order valence-corrected chi connectivity index (χ0v) is 19.2. The van der Waals surface area contributed by atoms with E-state index in [1.165, 1.54) is 18.2 Å². The van der Waals surface area contributed by atoms with Crippen molar-refractivity contribution in [3.8, 4) is 17.1 Å². The number of fused-ring (bicyclic) bond motifs is 1. The molecule has 1 saturated carbocycles. The number of aryl methyl sites for hydroxylation is 1. The molecule has 1 aromatic carbocycles. The molecule has 0 radical (unpaired) electrons. The third-order valence-corrected chi connectivity index (χ3v) is 7.46. The van der Waals surface area contributed by atoms with Crippen molar-refractivity contribution < 1.29 is 27.0 Å². The van der Waals surface area contributed by atoms with Crippen molar-refractivity contribution >= 4 is 0 Å². The van der Waals surface area contributed by atoms with Gasteiger partial charge in [-0.1, -0.05) is 6.07 Å². The lowest BCUT2D eigenvalue weighted by molar-refractivity contribution is -0.139. The molecule has 0 bridgehead atoms.